The Labute approximate surface area is 218 Å². The summed E-state index contributed by atoms with van der Waals surface area (Å²) < 4.78 is 38.9. The first-order valence-electron chi connectivity index (χ1n) is 12.6. The second kappa shape index (κ2) is 11.3. The number of hydrogen-bond donors (Lipinski definition) is 0. The van der Waals surface area contributed by atoms with Gasteiger partial charge in [-0.25, -0.2) is 28.4 Å². The van der Waals surface area contributed by atoms with Crippen molar-refractivity contribution in [1.29, 1.82) is 0 Å². The fraction of sp³-hybridized carbons (Fsp3) is 0.296. The van der Waals surface area contributed by atoms with Crippen LogP contribution in [-0.4, -0.2) is 45.5 Å². The maximum absolute atomic E-state index is 14.3. The highest BCUT2D eigenvalue weighted by atomic mass is 19.1. The van der Waals surface area contributed by atoms with Crippen LogP contribution < -0.4 is 4.74 Å². The number of imidazole rings is 2. The molecule has 0 aliphatic carbocycles. The van der Waals surface area contributed by atoms with E-state index in [4.69, 9.17) is 9.72 Å². The molecule has 0 bridgehead atoms. The molecule has 9 nitrogen and oxygen atoms in total. The average Bonchev–Trinajstić information content (AvgIpc) is 3.68. The lowest BCUT2D eigenvalue weighted by molar-refractivity contribution is 0.306. The average molecular weight is 519 g/mol. The molecule has 0 saturated heterocycles. The first kappa shape index (κ1) is 25.2. The number of aromatic nitrogens is 8. The molecule has 0 amide bonds. The number of pyridine rings is 1. The van der Waals surface area contributed by atoms with Crippen LogP contribution in [0.2, 0.25) is 0 Å². The summed E-state index contributed by atoms with van der Waals surface area (Å²) >= 11 is 0. The van der Waals surface area contributed by atoms with E-state index in [0.29, 0.717) is 30.5 Å². The lowest BCUT2D eigenvalue weighted by Crippen LogP contribution is -2.05. The van der Waals surface area contributed by atoms with Gasteiger partial charge in [0.05, 0.1) is 18.4 Å². The third-order valence-corrected chi connectivity index (χ3v) is 6.16. The second-order valence-corrected chi connectivity index (χ2v) is 8.75. The standard InChI is InChI=1S/C22H20F2N6O.C5H8N2/c1-2-3-4-15-10-20-16(11-25-15)21-28-18(12-29(21)7-8-31-20)22-26-13-27-30(22)19-6-5-14(23)9-17(19)24;1-2-7-4-3-6-5-7/h5-6,9-13H,2-4,7-8H2,1H3;3-5H,2H2,1H3. The lowest BCUT2D eigenvalue weighted by atomic mass is 10.1. The van der Waals surface area contributed by atoms with E-state index in [1.54, 1.807) is 18.7 Å². The van der Waals surface area contributed by atoms with E-state index >= 15 is 0 Å². The van der Waals surface area contributed by atoms with Crippen molar-refractivity contribution in [3.05, 3.63) is 79.0 Å². The van der Waals surface area contributed by atoms with Crippen LogP contribution in [0.15, 0.2) is 61.7 Å². The van der Waals surface area contributed by atoms with Gasteiger partial charge in [0.15, 0.2) is 11.6 Å². The van der Waals surface area contributed by atoms with E-state index < -0.39 is 11.6 Å². The molecule has 0 atom stereocenters. The molecule has 0 radical (unpaired) electrons. The molecule has 6 rings (SSSR count). The molecule has 11 heteroatoms. The predicted molar refractivity (Wildman–Crippen MR) is 138 cm³/mol. The number of aryl methyl sites for hydroxylation is 2. The fourth-order valence-electron chi connectivity index (χ4n) is 4.14. The smallest absolute Gasteiger partial charge is 0.183 e. The molecular formula is C27H28F2N8O. The number of benzene rings is 1. The van der Waals surface area contributed by atoms with Gasteiger partial charge in [-0.2, -0.15) is 5.10 Å². The Morgan fingerprint density at radius 1 is 1.08 bits per heavy atom. The van der Waals surface area contributed by atoms with E-state index in [1.807, 2.05) is 27.6 Å². The summed E-state index contributed by atoms with van der Waals surface area (Å²) in [5.74, 6) is 0.435. The number of rotatable bonds is 6. The van der Waals surface area contributed by atoms with Gasteiger partial charge in [-0.15, -0.1) is 0 Å². The molecule has 0 saturated carbocycles. The zero-order chi connectivity index (χ0) is 26.5. The molecular weight excluding hydrogens is 490 g/mol. The van der Waals surface area contributed by atoms with Gasteiger partial charge < -0.3 is 13.9 Å². The molecule has 0 N–H and O–H groups in total. The highest BCUT2D eigenvalue weighted by molar-refractivity contribution is 5.68. The summed E-state index contributed by atoms with van der Waals surface area (Å²) in [7, 11) is 0. The third kappa shape index (κ3) is 5.31. The van der Waals surface area contributed by atoms with E-state index in [1.165, 1.54) is 23.1 Å². The Kier molecular flexibility index (Phi) is 7.52. The van der Waals surface area contributed by atoms with Crippen molar-refractivity contribution in [2.24, 2.45) is 0 Å². The quantitative estimate of drug-likeness (QED) is 0.310. The summed E-state index contributed by atoms with van der Waals surface area (Å²) in [4.78, 5) is 17.4. The fourth-order valence-corrected chi connectivity index (χ4v) is 4.14. The van der Waals surface area contributed by atoms with Crippen LogP contribution in [0.1, 0.15) is 32.4 Å². The molecule has 5 aromatic rings. The molecule has 4 aromatic heterocycles. The molecule has 1 aliphatic heterocycles. The second-order valence-electron chi connectivity index (χ2n) is 8.75. The Hall–Kier alpha value is -4.41. The van der Waals surface area contributed by atoms with E-state index in [-0.39, 0.29) is 5.69 Å². The largest absolute Gasteiger partial charge is 0.491 e. The van der Waals surface area contributed by atoms with Crippen LogP contribution in [0.25, 0.3) is 28.6 Å². The summed E-state index contributed by atoms with van der Waals surface area (Å²) in [6.45, 7) is 6.34. The lowest BCUT2D eigenvalue weighted by Gasteiger charge is -2.08. The summed E-state index contributed by atoms with van der Waals surface area (Å²) in [6.07, 6.45) is 13.5. The van der Waals surface area contributed by atoms with Crippen molar-refractivity contribution in [1.82, 2.24) is 38.9 Å². The molecule has 0 unspecified atom stereocenters. The van der Waals surface area contributed by atoms with Gasteiger partial charge in [0.2, 0.25) is 0 Å². The Morgan fingerprint density at radius 3 is 2.71 bits per heavy atom. The van der Waals surface area contributed by atoms with Gasteiger partial charge >= 0.3 is 0 Å². The van der Waals surface area contributed by atoms with Gasteiger partial charge in [0.1, 0.15) is 41.7 Å². The van der Waals surface area contributed by atoms with Gasteiger partial charge in [-0.05, 0) is 31.9 Å². The minimum Gasteiger partial charge on any atom is -0.491 e. The SMILES string of the molecule is CCCCc1cc2c(cn1)-c1nc(-c3ncnn3-c3ccc(F)cc3F)cn1CCO2.CCn1ccnc1. The number of unbranched alkanes of at least 4 members (excludes halogenated alkanes) is 1. The van der Waals surface area contributed by atoms with Crippen LogP contribution in [0.3, 0.4) is 0 Å². The van der Waals surface area contributed by atoms with E-state index in [2.05, 4.69) is 33.9 Å². The molecule has 0 spiro atoms. The summed E-state index contributed by atoms with van der Waals surface area (Å²) in [6, 6.07) is 5.31. The number of hydrogen-bond acceptors (Lipinski definition) is 6. The predicted octanol–water partition coefficient (Wildman–Crippen LogP) is 5.11. The van der Waals surface area contributed by atoms with Gasteiger partial charge in [-0.1, -0.05) is 13.3 Å². The monoisotopic (exact) mass is 518 g/mol. The number of fused-ring (bicyclic) bond motifs is 3. The van der Waals surface area contributed by atoms with Crippen LogP contribution in [0.5, 0.6) is 5.75 Å². The van der Waals surface area contributed by atoms with Crippen molar-refractivity contribution in [3.63, 3.8) is 0 Å². The normalized spacial score (nSPS) is 12.1. The molecule has 0 fully saturated rings. The number of halogens is 2. The first-order valence-corrected chi connectivity index (χ1v) is 12.6. The van der Waals surface area contributed by atoms with Crippen LogP contribution in [0, 0.1) is 11.6 Å². The Bertz CT molecular complexity index is 1510. The highest BCUT2D eigenvalue weighted by Crippen LogP contribution is 2.34. The van der Waals surface area contributed by atoms with Gasteiger partial charge in [0.25, 0.3) is 0 Å². The maximum atomic E-state index is 14.3. The van der Waals surface area contributed by atoms with Gasteiger partial charge in [0, 0.05) is 49.2 Å². The van der Waals surface area contributed by atoms with Crippen molar-refractivity contribution >= 4 is 0 Å². The molecule has 38 heavy (non-hydrogen) atoms. The van der Waals surface area contributed by atoms with Crippen molar-refractivity contribution in [3.8, 4) is 34.3 Å². The summed E-state index contributed by atoms with van der Waals surface area (Å²) in [5.41, 5.74) is 2.41. The minimum absolute atomic E-state index is 0.100. The van der Waals surface area contributed by atoms with Crippen molar-refractivity contribution in [2.75, 3.05) is 6.61 Å². The highest BCUT2D eigenvalue weighted by Gasteiger charge is 2.23. The Balaban J connectivity index is 0.000000366. The summed E-state index contributed by atoms with van der Waals surface area (Å²) in [5, 5.41) is 4.12. The minimum atomic E-state index is -0.727. The Morgan fingerprint density at radius 2 is 1.97 bits per heavy atom. The maximum Gasteiger partial charge on any atom is 0.183 e. The molecule has 1 aromatic carbocycles. The van der Waals surface area contributed by atoms with Crippen molar-refractivity contribution in [2.45, 2.75) is 46.2 Å². The topological polar surface area (TPSA) is 88.5 Å². The van der Waals surface area contributed by atoms with Crippen LogP contribution >= 0.6 is 0 Å². The number of ether oxygens (including phenoxy) is 1. The van der Waals surface area contributed by atoms with Gasteiger partial charge in [-0.3, -0.25) is 4.98 Å². The van der Waals surface area contributed by atoms with E-state index in [9.17, 15) is 8.78 Å². The zero-order valence-corrected chi connectivity index (χ0v) is 21.3. The van der Waals surface area contributed by atoms with E-state index in [0.717, 1.165) is 48.9 Å². The number of nitrogens with zero attached hydrogens (tertiary/aromatic N) is 8. The van der Waals surface area contributed by atoms with Crippen molar-refractivity contribution < 1.29 is 13.5 Å². The van der Waals surface area contributed by atoms with Crippen LogP contribution in [0.4, 0.5) is 8.78 Å². The molecule has 1 aliphatic rings. The molecule has 5 heterocycles. The molecule has 196 valence electrons. The third-order valence-electron chi connectivity index (χ3n) is 6.16. The zero-order valence-electron chi connectivity index (χ0n) is 21.3. The first-order chi connectivity index (χ1) is 18.6. The van der Waals surface area contributed by atoms with Crippen LogP contribution in [-0.2, 0) is 19.5 Å².